The summed E-state index contributed by atoms with van der Waals surface area (Å²) in [7, 11) is 0. The Kier molecular flexibility index (Phi) is 3.36. The number of benzene rings is 1. The van der Waals surface area contributed by atoms with E-state index in [0.717, 1.165) is 26.9 Å². The molecule has 0 radical (unpaired) electrons. The molecule has 3 aromatic rings. The van der Waals surface area contributed by atoms with Crippen LogP contribution in [0.15, 0.2) is 53.3 Å². The van der Waals surface area contributed by atoms with Crippen molar-refractivity contribution in [3.63, 3.8) is 0 Å². The Morgan fingerprint density at radius 1 is 1.00 bits per heavy atom. The van der Waals surface area contributed by atoms with Crippen LogP contribution in [0.2, 0.25) is 5.02 Å². The number of nitrogens with zero attached hydrogens (tertiary/aromatic N) is 2. The summed E-state index contributed by atoms with van der Waals surface area (Å²) in [5.74, 6) is 0.747. The minimum atomic E-state index is 0.689. The summed E-state index contributed by atoms with van der Waals surface area (Å²) in [6, 6.07) is 11.4. The Morgan fingerprint density at radius 2 is 1.79 bits per heavy atom. The second kappa shape index (κ2) is 5.15. The fraction of sp³-hybridized carbons (Fsp3) is 0. The zero-order chi connectivity index (χ0) is 13.2. The Hall–Kier alpha value is -1.65. The van der Waals surface area contributed by atoms with Gasteiger partial charge in [-0.05, 0) is 52.3 Å². The summed E-state index contributed by atoms with van der Waals surface area (Å²) in [6.45, 7) is 0. The quantitative estimate of drug-likeness (QED) is 0.732. The van der Waals surface area contributed by atoms with Gasteiger partial charge >= 0.3 is 0 Å². The number of hydrogen-bond acceptors (Lipinski definition) is 3. The summed E-state index contributed by atoms with van der Waals surface area (Å²) < 4.78 is 0.897. The number of nitrogens with one attached hydrogen (secondary N) is 1. The number of aromatic nitrogens is 2. The van der Waals surface area contributed by atoms with Crippen LogP contribution in [0, 0.1) is 0 Å². The molecule has 0 bridgehead atoms. The maximum Gasteiger partial charge on any atom is 0.144 e. The third-order valence-corrected chi connectivity index (χ3v) is 3.70. The van der Waals surface area contributed by atoms with Gasteiger partial charge in [0.1, 0.15) is 5.82 Å². The van der Waals surface area contributed by atoms with Crippen LogP contribution in [0.5, 0.6) is 0 Å². The monoisotopic (exact) mass is 333 g/mol. The van der Waals surface area contributed by atoms with Crippen molar-refractivity contribution in [1.29, 1.82) is 0 Å². The van der Waals surface area contributed by atoms with Crippen molar-refractivity contribution in [3.05, 3.63) is 58.3 Å². The predicted octanol–water partition coefficient (Wildman–Crippen LogP) is 4.79. The van der Waals surface area contributed by atoms with E-state index in [2.05, 4.69) is 31.2 Å². The molecule has 1 N–H and O–H groups in total. The van der Waals surface area contributed by atoms with E-state index in [1.807, 2.05) is 36.4 Å². The highest BCUT2D eigenvalue weighted by atomic mass is 79.9. The summed E-state index contributed by atoms with van der Waals surface area (Å²) in [6.07, 6.45) is 3.48. The summed E-state index contributed by atoms with van der Waals surface area (Å²) in [5.41, 5.74) is 1.70. The number of rotatable bonds is 2. The summed E-state index contributed by atoms with van der Waals surface area (Å²) in [5, 5.41) is 4.87. The molecule has 0 saturated heterocycles. The van der Waals surface area contributed by atoms with Crippen molar-refractivity contribution >= 4 is 49.9 Å². The molecule has 0 fully saturated rings. The molecule has 0 aliphatic heterocycles. The minimum absolute atomic E-state index is 0.689. The molecule has 2 aromatic heterocycles. The predicted molar refractivity (Wildman–Crippen MR) is 82.0 cm³/mol. The van der Waals surface area contributed by atoms with Gasteiger partial charge in [-0.2, -0.15) is 0 Å². The zero-order valence-electron chi connectivity index (χ0n) is 9.77. The molecule has 5 heteroatoms. The van der Waals surface area contributed by atoms with E-state index in [0.29, 0.717) is 5.02 Å². The molecule has 94 valence electrons. The lowest BCUT2D eigenvalue weighted by molar-refractivity contribution is 1.29. The minimum Gasteiger partial charge on any atom is -0.338 e. The highest BCUT2D eigenvalue weighted by Gasteiger charge is 2.07. The zero-order valence-corrected chi connectivity index (χ0v) is 12.1. The van der Waals surface area contributed by atoms with Crippen LogP contribution < -0.4 is 5.32 Å². The molecule has 0 aliphatic rings. The van der Waals surface area contributed by atoms with E-state index < -0.39 is 0 Å². The standard InChI is InChI=1S/C14H9BrClN3/c15-10-4-2-8-18-14(10)19-12-6-5-11(16)9-3-1-7-17-13(9)12/h1-8H,(H,18,19). The molecule has 2 heterocycles. The van der Waals surface area contributed by atoms with Crippen LogP contribution in [-0.4, -0.2) is 9.97 Å². The maximum absolute atomic E-state index is 6.17. The smallest absolute Gasteiger partial charge is 0.144 e. The van der Waals surface area contributed by atoms with Gasteiger partial charge < -0.3 is 5.32 Å². The number of fused-ring (bicyclic) bond motifs is 1. The van der Waals surface area contributed by atoms with Crippen LogP contribution in [0.1, 0.15) is 0 Å². The first-order valence-corrected chi connectivity index (χ1v) is 6.83. The number of anilines is 2. The second-order valence-corrected chi connectivity index (χ2v) is 5.21. The molecule has 3 nitrogen and oxygen atoms in total. The summed E-state index contributed by atoms with van der Waals surface area (Å²) >= 11 is 9.63. The van der Waals surface area contributed by atoms with Crippen molar-refractivity contribution in [3.8, 4) is 0 Å². The maximum atomic E-state index is 6.17. The lowest BCUT2D eigenvalue weighted by Crippen LogP contribution is -1.96. The number of hydrogen-bond donors (Lipinski definition) is 1. The van der Waals surface area contributed by atoms with E-state index >= 15 is 0 Å². The van der Waals surface area contributed by atoms with Gasteiger partial charge in [-0.1, -0.05) is 11.6 Å². The Morgan fingerprint density at radius 3 is 2.63 bits per heavy atom. The number of halogens is 2. The molecule has 0 spiro atoms. The average Bonchev–Trinajstić information content (AvgIpc) is 2.44. The van der Waals surface area contributed by atoms with E-state index in [1.165, 1.54) is 0 Å². The lowest BCUT2D eigenvalue weighted by Gasteiger charge is -2.10. The largest absolute Gasteiger partial charge is 0.338 e. The van der Waals surface area contributed by atoms with Crippen LogP contribution >= 0.6 is 27.5 Å². The molecule has 0 unspecified atom stereocenters. The van der Waals surface area contributed by atoms with Crippen molar-refractivity contribution in [1.82, 2.24) is 9.97 Å². The lowest BCUT2D eigenvalue weighted by atomic mass is 10.2. The third kappa shape index (κ3) is 2.41. The van der Waals surface area contributed by atoms with Gasteiger partial charge in [-0.15, -0.1) is 0 Å². The van der Waals surface area contributed by atoms with Gasteiger partial charge in [-0.25, -0.2) is 4.98 Å². The van der Waals surface area contributed by atoms with E-state index in [-0.39, 0.29) is 0 Å². The van der Waals surface area contributed by atoms with Gasteiger partial charge in [0.2, 0.25) is 0 Å². The van der Waals surface area contributed by atoms with Gasteiger partial charge in [0.15, 0.2) is 0 Å². The Balaban J connectivity index is 2.12. The third-order valence-electron chi connectivity index (χ3n) is 2.73. The molecule has 19 heavy (non-hydrogen) atoms. The van der Waals surface area contributed by atoms with Crippen molar-refractivity contribution in [2.45, 2.75) is 0 Å². The molecule has 0 aliphatic carbocycles. The van der Waals surface area contributed by atoms with E-state index in [9.17, 15) is 0 Å². The molecular formula is C14H9BrClN3. The molecule has 1 aromatic carbocycles. The molecule has 3 rings (SSSR count). The average molecular weight is 335 g/mol. The first kappa shape index (κ1) is 12.4. The van der Waals surface area contributed by atoms with Crippen LogP contribution in [0.25, 0.3) is 10.9 Å². The fourth-order valence-electron chi connectivity index (χ4n) is 1.84. The van der Waals surface area contributed by atoms with Crippen molar-refractivity contribution in [2.24, 2.45) is 0 Å². The van der Waals surface area contributed by atoms with Crippen LogP contribution in [0.4, 0.5) is 11.5 Å². The molecule has 0 atom stereocenters. The van der Waals surface area contributed by atoms with Crippen molar-refractivity contribution < 1.29 is 0 Å². The molecular weight excluding hydrogens is 326 g/mol. The number of pyridine rings is 2. The van der Waals surface area contributed by atoms with Gasteiger partial charge in [-0.3, -0.25) is 4.98 Å². The SMILES string of the molecule is Clc1ccc(Nc2ncccc2Br)c2ncccc12. The van der Waals surface area contributed by atoms with Gasteiger partial charge in [0.05, 0.1) is 20.7 Å². The Labute approximate surface area is 123 Å². The van der Waals surface area contributed by atoms with E-state index in [4.69, 9.17) is 11.6 Å². The first-order chi connectivity index (χ1) is 9.25. The first-order valence-electron chi connectivity index (χ1n) is 5.66. The highest BCUT2D eigenvalue weighted by molar-refractivity contribution is 9.10. The van der Waals surface area contributed by atoms with E-state index in [1.54, 1.807) is 12.4 Å². The van der Waals surface area contributed by atoms with Gasteiger partial charge in [0.25, 0.3) is 0 Å². The molecule has 0 saturated carbocycles. The van der Waals surface area contributed by atoms with Crippen LogP contribution in [-0.2, 0) is 0 Å². The Bertz CT molecular complexity index is 746. The second-order valence-electron chi connectivity index (χ2n) is 3.95. The molecule has 0 amide bonds. The summed E-state index contributed by atoms with van der Waals surface area (Å²) in [4.78, 5) is 8.66. The normalized spacial score (nSPS) is 10.6. The van der Waals surface area contributed by atoms with Gasteiger partial charge in [0, 0.05) is 17.8 Å². The topological polar surface area (TPSA) is 37.8 Å². The fourth-order valence-corrected chi connectivity index (χ4v) is 2.41. The van der Waals surface area contributed by atoms with Crippen LogP contribution in [0.3, 0.4) is 0 Å². The van der Waals surface area contributed by atoms with Crippen molar-refractivity contribution in [2.75, 3.05) is 5.32 Å². The highest BCUT2D eigenvalue weighted by Crippen LogP contribution is 2.31.